The number of allylic oxidation sites excluding steroid dienone is 2. The van der Waals surface area contributed by atoms with Crippen molar-refractivity contribution in [2.75, 3.05) is 0 Å². The standard InChI is InChI=1S/C12H22/c1-2-3-4-6-9-12-10-7-5-8-11-12/h4,6,12H,2-3,5,7-11H2,1H3/b6-4+. The first-order chi connectivity index (χ1) is 5.93. The van der Waals surface area contributed by atoms with Gasteiger partial charge in [-0.3, -0.25) is 0 Å². The molecule has 0 N–H and O–H groups in total. The van der Waals surface area contributed by atoms with Crippen LogP contribution in [0.5, 0.6) is 0 Å². The Morgan fingerprint density at radius 1 is 1.08 bits per heavy atom. The molecule has 0 saturated heterocycles. The van der Waals surface area contributed by atoms with Crippen molar-refractivity contribution in [1.29, 1.82) is 0 Å². The molecule has 1 aliphatic rings. The lowest BCUT2D eigenvalue weighted by Gasteiger charge is -2.19. The van der Waals surface area contributed by atoms with Crippen molar-refractivity contribution in [3.8, 4) is 0 Å². The summed E-state index contributed by atoms with van der Waals surface area (Å²) < 4.78 is 0. The van der Waals surface area contributed by atoms with Gasteiger partial charge in [-0.15, -0.1) is 0 Å². The molecule has 0 unspecified atom stereocenters. The van der Waals surface area contributed by atoms with Gasteiger partial charge < -0.3 is 0 Å². The van der Waals surface area contributed by atoms with Gasteiger partial charge in [0.15, 0.2) is 0 Å². The summed E-state index contributed by atoms with van der Waals surface area (Å²) in [5, 5.41) is 0. The van der Waals surface area contributed by atoms with E-state index in [1.54, 1.807) is 0 Å². The maximum atomic E-state index is 2.40. The molecule has 0 bridgehead atoms. The molecule has 1 saturated carbocycles. The SMILES string of the molecule is CCC/C=C/CC1CCCCC1. The fourth-order valence-corrected chi connectivity index (χ4v) is 2.00. The van der Waals surface area contributed by atoms with Crippen LogP contribution >= 0.6 is 0 Å². The first-order valence-corrected chi connectivity index (χ1v) is 5.58. The molecule has 1 aliphatic carbocycles. The fourth-order valence-electron chi connectivity index (χ4n) is 2.00. The van der Waals surface area contributed by atoms with E-state index in [2.05, 4.69) is 19.1 Å². The predicted octanol–water partition coefficient (Wildman–Crippen LogP) is 4.31. The third-order valence-electron chi connectivity index (χ3n) is 2.82. The number of rotatable bonds is 4. The van der Waals surface area contributed by atoms with E-state index in [-0.39, 0.29) is 0 Å². The van der Waals surface area contributed by atoms with Crippen molar-refractivity contribution in [2.24, 2.45) is 5.92 Å². The van der Waals surface area contributed by atoms with E-state index in [1.165, 1.54) is 51.4 Å². The first kappa shape index (κ1) is 9.83. The maximum Gasteiger partial charge on any atom is -0.0322 e. The van der Waals surface area contributed by atoms with Gasteiger partial charge in [-0.05, 0) is 18.8 Å². The summed E-state index contributed by atoms with van der Waals surface area (Å²) in [5.74, 6) is 1.02. The molecule has 0 aliphatic heterocycles. The second kappa shape index (κ2) is 6.28. The van der Waals surface area contributed by atoms with Gasteiger partial charge in [-0.2, -0.15) is 0 Å². The monoisotopic (exact) mass is 166 g/mol. The molecule has 0 heterocycles. The average Bonchev–Trinajstić information content (AvgIpc) is 2.14. The fraction of sp³-hybridized carbons (Fsp3) is 0.833. The van der Waals surface area contributed by atoms with Crippen LogP contribution in [0.3, 0.4) is 0 Å². The maximum absolute atomic E-state index is 2.40. The van der Waals surface area contributed by atoms with Crippen LogP contribution in [0.25, 0.3) is 0 Å². The highest BCUT2D eigenvalue weighted by atomic mass is 14.2. The molecular formula is C12H22. The Labute approximate surface area is 77.1 Å². The van der Waals surface area contributed by atoms with E-state index in [1.807, 2.05) is 0 Å². The summed E-state index contributed by atoms with van der Waals surface area (Å²) in [5.41, 5.74) is 0. The Bertz CT molecular complexity index is 118. The molecule has 1 rings (SSSR count). The van der Waals surface area contributed by atoms with Crippen molar-refractivity contribution >= 4 is 0 Å². The van der Waals surface area contributed by atoms with Crippen LogP contribution in [0.1, 0.15) is 58.3 Å². The minimum Gasteiger partial charge on any atom is -0.0885 e. The number of unbranched alkanes of at least 4 members (excludes halogenated alkanes) is 1. The normalized spacial score (nSPS) is 20.4. The topological polar surface area (TPSA) is 0 Å². The highest BCUT2D eigenvalue weighted by molar-refractivity contribution is 4.84. The quantitative estimate of drug-likeness (QED) is 0.546. The molecule has 0 nitrogen and oxygen atoms in total. The van der Waals surface area contributed by atoms with Gasteiger partial charge in [0.1, 0.15) is 0 Å². The van der Waals surface area contributed by atoms with Crippen LogP contribution in [0.15, 0.2) is 12.2 Å². The van der Waals surface area contributed by atoms with E-state index in [9.17, 15) is 0 Å². The minimum atomic E-state index is 1.02. The molecule has 0 aromatic heterocycles. The van der Waals surface area contributed by atoms with Crippen LogP contribution in [-0.2, 0) is 0 Å². The van der Waals surface area contributed by atoms with Gasteiger partial charge in [-0.1, -0.05) is 57.6 Å². The molecule has 0 heteroatoms. The molecule has 70 valence electrons. The van der Waals surface area contributed by atoms with Gasteiger partial charge in [0.05, 0.1) is 0 Å². The lowest BCUT2D eigenvalue weighted by atomic mass is 9.87. The Kier molecular flexibility index (Phi) is 5.14. The molecule has 0 atom stereocenters. The third-order valence-corrected chi connectivity index (χ3v) is 2.82. The lowest BCUT2D eigenvalue weighted by Crippen LogP contribution is -2.04. The summed E-state index contributed by atoms with van der Waals surface area (Å²) in [6, 6.07) is 0. The van der Waals surface area contributed by atoms with E-state index < -0.39 is 0 Å². The molecule has 1 fully saturated rings. The van der Waals surface area contributed by atoms with Crippen molar-refractivity contribution in [3.05, 3.63) is 12.2 Å². The van der Waals surface area contributed by atoms with E-state index in [0.29, 0.717) is 0 Å². The van der Waals surface area contributed by atoms with Crippen LogP contribution in [-0.4, -0.2) is 0 Å². The minimum absolute atomic E-state index is 1.02. The Balaban J connectivity index is 2.04. The largest absolute Gasteiger partial charge is 0.0885 e. The Morgan fingerprint density at radius 3 is 2.50 bits per heavy atom. The van der Waals surface area contributed by atoms with Crippen LogP contribution in [0, 0.1) is 5.92 Å². The molecular weight excluding hydrogens is 144 g/mol. The van der Waals surface area contributed by atoms with E-state index >= 15 is 0 Å². The van der Waals surface area contributed by atoms with Gasteiger partial charge >= 0.3 is 0 Å². The van der Waals surface area contributed by atoms with Gasteiger partial charge in [0.25, 0.3) is 0 Å². The highest BCUT2D eigenvalue weighted by Crippen LogP contribution is 2.26. The third kappa shape index (κ3) is 3.94. The Hall–Kier alpha value is -0.260. The molecule has 0 aromatic carbocycles. The van der Waals surface area contributed by atoms with E-state index in [4.69, 9.17) is 0 Å². The Morgan fingerprint density at radius 2 is 1.83 bits per heavy atom. The molecule has 0 aromatic rings. The highest BCUT2D eigenvalue weighted by Gasteiger charge is 2.10. The summed E-state index contributed by atoms with van der Waals surface area (Å²) in [4.78, 5) is 0. The predicted molar refractivity (Wildman–Crippen MR) is 55.2 cm³/mol. The van der Waals surface area contributed by atoms with Crippen LogP contribution in [0.4, 0.5) is 0 Å². The van der Waals surface area contributed by atoms with Crippen molar-refractivity contribution < 1.29 is 0 Å². The van der Waals surface area contributed by atoms with Gasteiger partial charge in [-0.25, -0.2) is 0 Å². The number of hydrogen-bond acceptors (Lipinski definition) is 0. The van der Waals surface area contributed by atoms with Gasteiger partial charge in [0.2, 0.25) is 0 Å². The molecule has 0 radical (unpaired) electrons. The van der Waals surface area contributed by atoms with Gasteiger partial charge in [0, 0.05) is 0 Å². The zero-order valence-corrected chi connectivity index (χ0v) is 8.39. The van der Waals surface area contributed by atoms with Crippen LogP contribution in [0.2, 0.25) is 0 Å². The number of hydrogen-bond donors (Lipinski definition) is 0. The van der Waals surface area contributed by atoms with Crippen molar-refractivity contribution in [1.82, 2.24) is 0 Å². The van der Waals surface area contributed by atoms with Crippen molar-refractivity contribution in [3.63, 3.8) is 0 Å². The summed E-state index contributed by atoms with van der Waals surface area (Å²) in [7, 11) is 0. The molecule has 0 spiro atoms. The average molecular weight is 166 g/mol. The smallest absolute Gasteiger partial charge is 0.0322 e. The zero-order valence-electron chi connectivity index (χ0n) is 8.39. The lowest BCUT2D eigenvalue weighted by molar-refractivity contribution is 0.361. The summed E-state index contributed by atoms with van der Waals surface area (Å²) >= 11 is 0. The van der Waals surface area contributed by atoms with Crippen molar-refractivity contribution in [2.45, 2.75) is 58.3 Å². The second-order valence-electron chi connectivity index (χ2n) is 4.00. The second-order valence-corrected chi connectivity index (χ2v) is 4.00. The summed E-state index contributed by atoms with van der Waals surface area (Å²) in [6.07, 6.45) is 16.1. The molecule has 12 heavy (non-hydrogen) atoms. The van der Waals surface area contributed by atoms with E-state index in [0.717, 1.165) is 5.92 Å². The van der Waals surface area contributed by atoms with Crippen LogP contribution < -0.4 is 0 Å². The summed E-state index contributed by atoms with van der Waals surface area (Å²) in [6.45, 7) is 2.24. The first-order valence-electron chi connectivity index (χ1n) is 5.58. The molecule has 0 amide bonds. The zero-order chi connectivity index (χ0) is 8.65.